The van der Waals surface area contributed by atoms with E-state index in [0.717, 1.165) is 5.56 Å². The Hall–Kier alpha value is -3.32. The van der Waals surface area contributed by atoms with Gasteiger partial charge < -0.3 is 19.9 Å². The van der Waals surface area contributed by atoms with Gasteiger partial charge in [-0.05, 0) is 17.7 Å². The number of anilines is 1. The molecule has 1 heterocycles. The van der Waals surface area contributed by atoms with Gasteiger partial charge in [-0.2, -0.15) is 5.10 Å². The number of nitrogens with zero attached hydrogens (tertiary/aromatic N) is 2. The maximum absolute atomic E-state index is 12.7. The molecule has 0 bridgehead atoms. The number of aromatic nitrogens is 2. The smallest absolute Gasteiger partial charge is 0.257 e. The Bertz CT molecular complexity index is 967. The molecular formula is C22H25N3O4. The average Bonchev–Trinajstić information content (AvgIpc) is 3.11. The van der Waals surface area contributed by atoms with Crippen LogP contribution in [0.15, 0.2) is 60.8 Å². The molecule has 3 rings (SSSR count). The molecule has 0 aliphatic carbocycles. The van der Waals surface area contributed by atoms with Crippen molar-refractivity contribution in [3.8, 4) is 11.5 Å². The Labute approximate surface area is 169 Å². The molecule has 152 valence electrons. The molecule has 29 heavy (non-hydrogen) atoms. The van der Waals surface area contributed by atoms with Gasteiger partial charge in [0.25, 0.3) is 5.91 Å². The van der Waals surface area contributed by atoms with Crippen LogP contribution in [0.3, 0.4) is 0 Å². The van der Waals surface area contributed by atoms with Gasteiger partial charge in [-0.3, -0.25) is 9.48 Å². The molecular weight excluding hydrogens is 370 g/mol. The topological polar surface area (TPSA) is 85.6 Å². The Kier molecular flexibility index (Phi) is 6.19. The quantitative estimate of drug-likeness (QED) is 0.568. The number of aryl methyl sites for hydroxylation is 1. The van der Waals surface area contributed by atoms with Crippen LogP contribution in [0.2, 0.25) is 0 Å². The van der Waals surface area contributed by atoms with Crippen molar-refractivity contribution in [2.24, 2.45) is 7.05 Å². The van der Waals surface area contributed by atoms with Crippen molar-refractivity contribution in [3.05, 3.63) is 71.9 Å². The molecule has 2 N–H and O–H groups in total. The van der Waals surface area contributed by atoms with Crippen LogP contribution in [-0.2, 0) is 13.7 Å². The normalized spacial score (nSPS) is 12.8. The second kappa shape index (κ2) is 8.79. The first kappa shape index (κ1) is 20.4. The zero-order chi connectivity index (χ0) is 20.9. The number of carbonyl (C=O) groups is 1. The summed E-state index contributed by atoms with van der Waals surface area (Å²) in [5.74, 6) is -0.462. The molecule has 2 aromatic carbocycles. The van der Waals surface area contributed by atoms with E-state index in [4.69, 9.17) is 9.47 Å². The maximum atomic E-state index is 12.7. The Balaban J connectivity index is 1.84. The van der Waals surface area contributed by atoms with E-state index >= 15 is 0 Å². The fourth-order valence-electron chi connectivity index (χ4n) is 2.58. The second-order valence-corrected chi connectivity index (χ2v) is 6.93. The van der Waals surface area contributed by atoms with Crippen molar-refractivity contribution >= 4 is 11.7 Å². The van der Waals surface area contributed by atoms with Crippen molar-refractivity contribution < 1.29 is 19.4 Å². The minimum Gasteiger partial charge on any atom is -0.489 e. The van der Waals surface area contributed by atoms with E-state index in [2.05, 4.69) is 10.4 Å². The molecule has 7 heteroatoms. The molecule has 0 saturated carbocycles. The summed E-state index contributed by atoms with van der Waals surface area (Å²) in [6, 6.07) is 16.3. The van der Waals surface area contributed by atoms with Crippen molar-refractivity contribution in [3.63, 3.8) is 0 Å². The molecule has 1 aromatic heterocycles. The largest absolute Gasteiger partial charge is 0.489 e. The summed E-state index contributed by atoms with van der Waals surface area (Å²) >= 11 is 0. The first-order chi connectivity index (χ1) is 13.8. The summed E-state index contributed by atoms with van der Waals surface area (Å²) in [7, 11) is 1.77. The third kappa shape index (κ3) is 5.83. The summed E-state index contributed by atoms with van der Waals surface area (Å²) in [5.41, 5.74) is 1.34. The van der Waals surface area contributed by atoms with Crippen LogP contribution in [-0.4, -0.2) is 26.6 Å². The second-order valence-electron chi connectivity index (χ2n) is 6.93. The van der Waals surface area contributed by atoms with E-state index in [0.29, 0.717) is 35.9 Å². The number of benzene rings is 2. The monoisotopic (exact) mass is 395 g/mol. The molecule has 1 atom stereocenters. The lowest BCUT2D eigenvalue weighted by atomic mass is 10.1. The van der Waals surface area contributed by atoms with E-state index in [-0.39, 0.29) is 5.91 Å². The third-order valence-corrected chi connectivity index (χ3v) is 4.34. The third-order valence-electron chi connectivity index (χ3n) is 4.34. The zero-order valence-corrected chi connectivity index (χ0v) is 16.8. The molecule has 7 nitrogen and oxygen atoms in total. The number of aliphatic hydroxyl groups is 1. The standard InChI is InChI=1S/C22H25N3O4/c1-4-22(2,27)29-19-13-17(21(26)23-20-10-11-25(3)24-20)12-18(14-19)28-15-16-8-6-5-7-9-16/h5-14,27H,4,15H2,1-3H3,(H,23,24,26). The number of carbonyl (C=O) groups excluding carboxylic acids is 1. The number of rotatable bonds is 8. The molecule has 1 amide bonds. The Morgan fingerprint density at radius 3 is 2.55 bits per heavy atom. The number of amides is 1. The van der Waals surface area contributed by atoms with Crippen LogP contribution >= 0.6 is 0 Å². The van der Waals surface area contributed by atoms with Gasteiger partial charge in [0.1, 0.15) is 18.1 Å². The summed E-state index contributed by atoms with van der Waals surface area (Å²) in [6.07, 6.45) is 2.12. The van der Waals surface area contributed by atoms with Crippen molar-refractivity contribution in [1.82, 2.24) is 9.78 Å². The minimum atomic E-state index is -1.35. The number of ether oxygens (including phenoxy) is 2. The van der Waals surface area contributed by atoms with Gasteiger partial charge in [0.05, 0.1) is 0 Å². The predicted molar refractivity (Wildman–Crippen MR) is 110 cm³/mol. The van der Waals surface area contributed by atoms with Crippen molar-refractivity contribution in [1.29, 1.82) is 0 Å². The highest BCUT2D eigenvalue weighted by molar-refractivity contribution is 6.04. The van der Waals surface area contributed by atoms with Crippen LogP contribution in [0.1, 0.15) is 36.2 Å². The first-order valence-electron chi connectivity index (χ1n) is 9.39. The van der Waals surface area contributed by atoms with E-state index in [9.17, 15) is 9.90 Å². The lowest BCUT2D eigenvalue weighted by Gasteiger charge is -2.24. The maximum Gasteiger partial charge on any atom is 0.257 e. The average molecular weight is 395 g/mol. The van der Waals surface area contributed by atoms with Gasteiger partial charge in [-0.1, -0.05) is 37.3 Å². The number of nitrogens with one attached hydrogen (secondary N) is 1. The summed E-state index contributed by atoms with van der Waals surface area (Å²) in [5, 5.41) is 17.2. The van der Waals surface area contributed by atoms with Gasteiger partial charge in [-0.15, -0.1) is 0 Å². The van der Waals surface area contributed by atoms with Gasteiger partial charge >= 0.3 is 0 Å². The van der Waals surface area contributed by atoms with E-state index in [1.54, 1.807) is 49.1 Å². The highest BCUT2D eigenvalue weighted by atomic mass is 16.6. The molecule has 0 aliphatic heterocycles. The number of hydrogen-bond acceptors (Lipinski definition) is 5. The zero-order valence-electron chi connectivity index (χ0n) is 16.8. The van der Waals surface area contributed by atoms with Crippen LogP contribution in [0.25, 0.3) is 0 Å². The van der Waals surface area contributed by atoms with Gasteiger partial charge in [0.2, 0.25) is 5.79 Å². The SMILES string of the molecule is CCC(C)(O)Oc1cc(OCc2ccccc2)cc(C(=O)Nc2ccn(C)n2)c1. The highest BCUT2D eigenvalue weighted by Gasteiger charge is 2.21. The Morgan fingerprint density at radius 2 is 1.90 bits per heavy atom. The van der Waals surface area contributed by atoms with E-state index < -0.39 is 5.79 Å². The van der Waals surface area contributed by atoms with Gasteiger partial charge in [0, 0.05) is 44.3 Å². The molecule has 0 spiro atoms. The predicted octanol–water partition coefficient (Wildman–Crippen LogP) is 3.75. The molecule has 0 aliphatic rings. The number of hydrogen-bond donors (Lipinski definition) is 2. The molecule has 0 fully saturated rings. The van der Waals surface area contributed by atoms with E-state index in [1.807, 2.05) is 37.3 Å². The minimum absolute atomic E-state index is 0.336. The van der Waals surface area contributed by atoms with E-state index in [1.165, 1.54) is 0 Å². The Morgan fingerprint density at radius 1 is 1.17 bits per heavy atom. The van der Waals surface area contributed by atoms with Crippen LogP contribution in [0.5, 0.6) is 11.5 Å². The van der Waals surface area contributed by atoms with Gasteiger partial charge in [-0.25, -0.2) is 0 Å². The fourth-order valence-corrected chi connectivity index (χ4v) is 2.58. The van der Waals surface area contributed by atoms with Crippen LogP contribution < -0.4 is 14.8 Å². The summed E-state index contributed by atoms with van der Waals surface area (Å²) in [4.78, 5) is 12.7. The summed E-state index contributed by atoms with van der Waals surface area (Å²) in [6.45, 7) is 3.72. The lowest BCUT2D eigenvalue weighted by molar-refractivity contribution is -0.123. The van der Waals surface area contributed by atoms with Crippen molar-refractivity contribution in [2.75, 3.05) is 5.32 Å². The fraction of sp³-hybridized carbons (Fsp3) is 0.273. The molecule has 0 saturated heterocycles. The highest BCUT2D eigenvalue weighted by Crippen LogP contribution is 2.27. The van der Waals surface area contributed by atoms with Crippen LogP contribution in [0.4, 0.5) is 5.82 Å². The van der Waals surface area contributed by atoms with Gasteiger partial charge in [0.15, 0.2) is 5.82 Å². The first-order valence-corrected chi connectivity index (χ1v) is 9.39. The molecule has 1 unspecified atom stereocenters. The molecule has 3 aromatic rings. The lowest BCUT2D eigenvalue weighted by Crippen LogP contribution is -2.30. The summed E-state index contributed by atoms with van der Waals surface area (Å²) < 4.78 is 13.1. The van der Waals surface area contributed by atoms with Crippen molar-refractivity contribution in [2.45, 2.75) is 32.7 Å². The molecule has 0 radical (unpaired) electrons. The van der Waals surface area contributed by atoms with Crippen LogP contribution in [0, 0.1) is 0 Å².